The van der Waals surface area contributed by atoms with Gasteiger partial charge >= 0.3 is 286 Å². The van der Waals surface area contributed by atoms with Gasteiger partial charge in [-0.05, 0) is 0 Å². The Bertz CT molecular complexity index is 2080. The third-order valence-corrected chi connectivity index (χ3v) is 62.9. The quantitative estimate of drug-likeness (QED) is 0.152. The number of rotatable bonds is 6. The first kappa shape index (κ1) is 32.1. The van der Waals surface area contributed by atoms with Crippen LogP contribution in [-0.2, 0) is 15.6 Å². The third kappa shape index (κ3) is 4.77. The first-order valence-electron chi connectivity index (χ1n) is 16.7. The second-order valence-corrected chi connectivity index (χ2v) is 56.9. The monoisotopic (exact) mass is 735 g/mol. The Morgan fingerprint density at radius 2 is 1.33 bits per heavy atom. The molecule has 2 atom stereocenters. The Morgan fingerprint density at radius 1 is 0.652 bits per heavy atom. The van der Waals surface area contributed by atoms with Gasteiger partial charge in [-0.15, -0.1) is 0 Å². The number of fused-ring (bicyclic) bond motifs is 3. The standard InChI is InChI=1S/C22H19.C18H17.C2H7Si.2ClH.Zr/c1-15(2)18-13-17-9-6-12-21(22(17)14-18)20-11-5-8-16-7-3-4-10-19(16)20;1-12-4-7-15(8-5-12)16-9-6-14(3)17-10-13(2)11-18(16)17;1-3-2;;;/h3-15H,1-2H3;4-11H,1-3H3;3H,1-2H3;2*1H;/q;;;;;+2/p-2. The molecule has 0 saturated heterocycles. The summed E-state index contributed by atoms with van der Waals surface area (Å²) in [5, 5.41) is 2.54. The van der Waals surface area contributed by atoms with Crippen molar-refractivity contribution < 1.29 is 15.6 Å². The molecule has 0 radical (unpaired) electrons. The predicted molar refractivity (Wildman–Crippen MR) is 203 cm³/mol. The van der Waals surface area contributed by atoms with Gasteiger partial charge in [0, 0.05) is 0 Å². The van der Waals surface area contributed by atoms with Crippen molar-refractivity contribution in [2.75, 3.05) is 0 Å². The molecule has 0 saturated carbocycles. The van der Waals surface area contributed by atoms with E-state index in [-0.39, 0.29) is 7.25 Å². The van der Waals surface area contributed by atoms with E-state index in [1.165, 1.54) is 77.6 Å². The van der Waals surface area contributed by atoms with Crippen molar-refractivity contribution in [2.24, 2.45) is 5.92 Å². The molecule has 0 aliphatic heterocycles. The Labute approximate surface area is 284 Å². The molecule has 0 spiro atoms. The van der Waals surface area contributed by atoms with E-state index in [1.807, 2.05) is 0 Å². The second kappa shape index (κ2) is 11.6. The molecule has 0 bridgehead atoms. The molecule has 0 fully saturated rings. The van der Waals surface area contributed by atoms with Gasteiger partial charge in [-0.3, -0.25) is 0 Å². The molecule has 7 rings (SSSR count). The normalized spacial score (nSPS) is 18.4. The molecule has 46 heavy (non-hydrogen) atoms. The molecule has 0 aromatic heterocycles. The molecule has 2 aliphatic rings. The van der Waals surface area contributed by atoms with Gasteiger partial charge in [-0.2, -0.15) is 0 Å². The third-order valence-electron chi connectivity index (χ3n) is 11.0. The average molecular weight is 738 g/mol. The topological polar surface area (TPSA) is 0 Å². The molecule has 0 N–H and O–H groups in total. The first-order valence-corrected chi connectivity index (χ1v) is 33.0. The van der Waals surface area contributed by atoms with Gasteiger partial charge < -0.3 is 0 Å². The van der Waals surface area contributed by atoms with Crippen molar-refractivity contribution in [1.82, 2.24) is 0 Å². The number of hydrogen-bond donors (Lipinski definition) is 0. The van der Waals surface area contributed by atoms with Crippen LogP contribution >= 0.6 is 17.0 Å². The van der Waals surface area contributed by atoms with Crippen LogP contribution in [0.2, 0.25) is 13.1 Å². The number of halogens is 2. The average Bonchev–Trinajstić information content (AvgIpc) is 3.62. The summed E-state index contributed by atoms with van der Waals surface area (Å²) in [5.74, 6) is -1.31. The fourth-order valence-corrected chi connectivity index (χ4v) is 40.8. The van der Waals surface area contributed by atoms with Gasteiger partial charge in [0.1, 0.15) is 0 Å². The summed E-state index contributed by atoms with van der Waals surface area (Å²) < 4.78 is 0.152. The van der Waals surface area contributed by atoms with Gasteiger partial charge in [0.15, 0.2) is 0 Å². The van der Waals surface area contributed by atoms with Gasteiger partial charge in [0.2, 0.25) is 0 Å². The Balaban J connectivity index is 1.47. The Morgan fingerprint density at radius 3 is 2.04 bits per heavy atom. The van der Waals surface area contributed by atoms with Crippen LogP contribution in [0.4, 0.5) is 0 Å². The molecule has 5 aromatic carbocycles. The van der Waals surface area contributed by atoms with Gasteiger partial charge in [0.05, 0.1) is 0 Å². The summed E-state index contributed by atoms with van der Waals surface area (Å²) in [4.78, 5) is 0. The number of allylic oxidation sites excluding steroid dienone is 2. The van der Waals surface area contributed by atoms with Crippen molar-refractivity contribution in [3.05, 3.63) is 142 Å². The summed E-state index contributed by atoms with van der Waals surface area (Å²) in [5.41, 5.74) is 15.8. The fraction of sp³-hybridized carbons (Fsp3) is 0.238. The summed E-state index contributed by atoms with van der Waals surface area (Å²) in [6.45, 7) is 16.3. The molecule has 4 heteroatoms. The second-order valence-electron chi connectivity index (χ2n) is 14.4. The predicted octanol–water partition coefficient (Wildman–Crippen LogP) is 13.0. The van der Waals surface area contributed by atoms with E-state index in [4.69, 9.17) is 17.0 Å². The van der Waals surface area contributed by atoms with Crippen molar-refractivity contribution in [3.8, 4) is 22.3 Å². The van der Waals surface area contributed by atoms with Crippen LogP contribution in [0.5, 0.6) is 0 Å². The van der Waals surface area contributed by atoms with Crippen LogP contribution < -0.4 is 0 Å². The number of benzene rings is 5. The van der Waals surface area contributed by atoms with Crippen LogP contribution in [0.25, 0.3) is 45.2 Å². The van der Waals surface area contributed by atoms with Crippen LogP contribution in [0.15, 0.2) is 108 Å². The minimum absolute atomic E-state index is 0.0723. The molecule has 0 heterocycles. The van der Waals surface area contributed by atoms with Crippen LogP contribution in [-0.4, -0.2) is 5.92 Å². The molecule has 2 unspecified atom stereocenters. The maximum absolute atomic E-state index is 8.67. The zero-order valence-electron chi connectivity index (χ0n) is 28.0. The zero-order valence-corrected chi connectivity index (χ0v) is 33.1. The zero-order chi connectivity index (χ0) is 32.6. The molecule has 0 amide bonds. The molecule has 0 nitrogen and oxygen atoms in total. The maximum atomic E-state index is 8.67. The number of hydrogen-bond acceptors (Lipinski definition) is 0. The summed E-state index contributed by atoms with van der Waals surface area (Å²) in [6, 6.07) is 35.8. The summed E-state index contributed by atoms with van der Waals surface area (Å²) in [7, 11) is 17.3. The van der Waals surface area contributed by atoms with Crippen LogP contribution in [0.3, 0.4) is 0 Å². The van der Waals surface area contributed by atoms with Crippen LogP contribution in [0, 0.1) is 19.8 Å². The molecular weight excluding hydrogens is 695 g/mol. The van der Waals surface area contributed by atoms with E-state index in [2.05, 4.69) is 157 Å². The van der Waals surface area contributed by atoms with E-state index in [0.717, 1.165) is 0 Å². The van der Waals surface area contributed by atoms with E-state index in [1.54, 1.807) is 0 Å². The molecule has 2 aliphatic carbocycles. The van der Waals surface area contributed by atoms with E-state index in [9.17, 15) is 0 Å². The van der Waals surface area contributed by atoms with Gasteiger partial charge in [0.25, 0.3) is 0 Å². The summed E-state index contributed by atoms with van der Waals surface area (Å²) in [6.07, 6.45) is 4.92. The van der Waals surface area contributed by atoms with Crippen LogP contribution in [0.1, 0.15) is 61.4 Å². The SMILES string of the molecule is CC1=Cc2c(-c3ccc(C)cc3)ccc(C)c2[CH]1[Zr]([Cl])([Cl])([CH]1C(C(C)C)=Cc2c(-c3cccc4ccccc34)cccc21)[SiH](C)C. The Hall–Kier alpha value is -2.48. The Kier molecular flexibility index (Phi) is 8.09. The van der Waals surface area contributed by atoms with Gasteiger partial charge in [-0.25, -0.2) is 0 Å². The first-order chi connectivity index (χ1) is 21.9. The van der Waals surface area contributed by atoms with E-state index in [0.29, 0.717) is 5.92 Å². The van der Waals surface area contributed by atoms with Crippen molar-refractivity contribution in [2.45, 2.75) is 55.0 Å². The molecule has 233 valence electrons. The number of aryl methyl sites for hydroxylation is 2. The molecule has 5 aromatic rings. The van der Waals surface area contributed by atoms with Crippen molar-refractivity contribution in [1.29, 1.82) is 0 Å². The minimum atomic E-state index is -4.85. The van der Waals surface area contributed by atoms with E-state index < -0.39 is 21.5 Å². The fourth-order valence-electron chi connectivity index (χ4n) is 8.59. The molecular formula is C42H43Cl2SiZr. The van der Waals surface area contributed by atoms with Gasteiger partial charge in [-0.1, -0.05) is 0 Å². The van der Waals surface area contributed by atoms with Crippen molar-refractivity contribution in [3.63, 3.8) is 0 Å². The van der Waals surface area contributed by atoms with E-state index >= 15 is 0 Å². The van der Waals surface area contributed by atoms with Crippen molar-refractivity contribution >= 4 is 45.9 Å². The summed E-state index contributed by atoms with van der Waals surface area (Å²) >= 11 is -4.85.